The van der Waals surface area contributed by atoms with Crippen LogP contribution in [0.1, 0.15) is 12.5 Å². The van der Waals surface area contributed by atoms with Crippen LogP contribution in [0.15, 0.2) is 28.7 Å². The van der Waals surface area contributed by atoms with Crippen LogP contribution < -0.4 is 0 Å². The Labute approximate surface area is 83.0 Å². The van der Waals surface area contributed by atoms with E-state index in [1.54, 1.807) is 12.1 Å². The highest BCUT2D eigenvalue weighted by Gasteiger charge is 2.00. The largest absolute Gasteiger partial charge is 0.508 e. The van der Waals surface area contributed by atoms with Gasteiger partial charge in [-0.2, -0.15) is 4.40 Å². The molecule has 0 aromatic heterocycles. The van der Waals surface area contributed by atoms with Gasteiger partial charge in [-0.1, -0.05) is 0 Å². The molecule has 14 heavy (non-hydrogen) atoms. The number of phenolic OH excluding ortho intramolecular Hbond substituents is 1. The summed E-state index contributed by atoms with van der Waals surface area (Å²) >= 11 is 0. The highest BCUT2D eigenvalue weighted by atomic mass is 32.2. The van der Waals surface area contributed by atoms with Crippen LogP contribution in [0.5, 0.6) is 5.75 Å². The van der Waals surface area contributed by atoms with Crippen LogP contribution in [-0.2, 0) is 10.0 Å². The van der Waals surface area contributed by atoms with Crippen molar-refractivity contribution >= 4 is 16.2 Å². The lowest BCUT2D eigenvalue weighted by Crippen LogP contribution is -1.98. The van der Waals surface area contributed by atoms with Gasteiger partial charge in [-0.05, 0) is 36.8 Å². The van der Waals surface area contributed by atoms with Crippen LogP contribution >= 0.6 is 0 Å². The van der Waals surface area contributed by atoms with Gasteiger partial charge in [-0.15, -0.1) is 0 Å². The molecule has 1 N–H and O–H groups in total. The molecule has 0 spiro atoms. The average Bonchev–Trinajstić information content (AvgIpc) is 2.17. The van der Waals surface area contributed by atoms with Crippen molar-refractivity contribution in [3.05, 3.63) is 29.8 Å². The molecule has 0 fully saturated rings. The Morgan fingerprint density at radius 2 is 1.93 bits per heavy atom. The smallest absolute Gasteiger partial charge is 0.252 e. The first-order valence-electron chi connectivity index (χ1n) is 4.10. The molecule has 0 amide bonds. The van der Waals surface area contributed by atoms with Gasteiger partial charge in [-0.3, -0.25) is 0 Å². The maximum Gasteiger partial charge on any atom is 0.252 e. The Morgan fingerprint density at radius 1 is 1.36 bits per heavy atom. The predicted octanol–water partition coefficient (Wildman–Crippen LogP) is 1.16. The standard InChI is InChI=1S/C9H11NO3S/c1-2-14(12,13)10-7-8-3-5-9(11)6-4-8/h3-7,11H,2H2,1H3/b10-7+. The van der Waals surface area contributed by atoms with Crippen LogP contribution in [0.25, 0.3) is 0 Å². The monoisotopic (exact) mass is 213 g/mol. The van der Waals surface area contributed by atoms with Gasteiger partial charge in [0.2, 0.25) is 0 Å². The van der Waals surface area contributed by atoms with Crippen molar-refractivity contribution in [2.45, 2.75) is 6.92 Å². The second-order valence-corrected chi connectivity index (χ2v) is 4.65. The first-order valence-corrected chi connectivity index (χ1v) is 5.71. The van der Waals surface area contributed by atoms with Gasteiger partial charge in [0, 0.05) is 6.21 Å². The summed E-state index contributed by atoms with van der Waals surface area (Å²) in [6.07, 6.45) is 1.26. The molecule has 0 aliphatic carbocycles. The molecule has 5 heteroatoms. The van der Waals surface area contributed by atoms with Crippen molar-refractivity contribution in [3.8, 4) is 5.75 Å². The summed E-state index contributed by atoms with van der Waals surface area (Å²) in [5.74, 6) is 0.127. The first-order chi connectivity index (χ1) is 6.53. The van der Waals surface area contributed by atoms with Gasteiger partial charge < -0.3 is 5.11 Å². The lowest BCUT2D eigenvalue weighted by molar-refractivity contribution is 0.475. The summed E-state index contributed by atoms with van der Waals surface area (Å²) in [6.45, 7) is 1.53. The van der Waals surface area contributed by atoms with Crippen molar-refractivity contribution in [1.82, 2.24) is 0 Å². The predicted molar refractivity (Wildman–Crippen MR) is 55.2 cm³/mol. The molecule has 0 bridgehead atoms. The van der Waals surface area contributed by atoms with Gasteiger partial charge in [0.25, 0.3) is 10.0 Å². The van der Waals surface area contributed by atoms with E-state index in [1.165, 1.54) is 25.3 Å². The quantitative estimate of drug-likeness (QED) is 0.766. The number of phenols is 1. The Hall–Kier alpha value is -1.36. The number of aromatic hydroxyl groups is 1. The van der Waals surface area contributed by atoms with Crippen LogP contribution in [0, 0.1) is 0 Å². The summed E-state index contributed by atoms with van der Waals surface area (Å²) in [5, 5.41) is 8.97. The molecule has 1 rings (SSSR count). The molecule has 1 aromatic carbocycles. The molecule has 1 aromatic rings. The molecule has 0 heterocycles. The van der Waals surface area contributed by atoms with E-state index in [0.717, 1.165) is 0 Å². The summed E-state index contributed by atoms with van der Waals surface area (Å²) in [7, 11) is -3.32. The van der Waals surface area contributed by atoms with E-state index in [4.69, 9.17) is 5.11 Å². The van der Waals surface area contributed by atoms with E-state index in [-0.39, 0.29) is 11.5 Å². The molecule has 76 valence electrons. The van der Waals surface area contributed by atoms with E-state index in [2.05, 4.69) is 4.40 Å². The van der Waals surface area contributed by atoms with Gasteiger partial charge in [0.05, 0.1) is 5.75 Å². The topological polar surface area (TPSA) is 66.7 Å². The van der Waals surface area contributed by atoms with E-state index in [9.17, 15) is 8.42 Å². The Balaban J connectivity index is 2.84. The Morgan fingerprint density at radius 3 is 2.43 bits per heavy atom. The number of benzene rings is 1. The van der Waals surface area contributed by atoms with Crippen molar-refractivity contribution in [2.75, 3.05) is 5.75 Å². The van der Waals surface area contributed by atoms with Gasteiger partial charge in [0.15, 0.2) is 0 Å². The number of hydrogen-bond acceptors (Lipinski definition) is 3. The van der Waals surface area contributed by atoms with Crippen LogP contribution in [-0.4, -0.2) is 25.5 Å². The lowest BCUT2D eigenvalue weighted by atomic mass is 10.2. The van der Waals surface area contributed by atoms with Crippen molar-refractivity contribution in [1.29, 1.82) is 0 Å². The Bertz CT molecular complexity index is 420. The third kappa shape index (κ3) is 3.18. The number of hydrogen-bond donors (Lipinski definition) is 1. The minimum Gasteiger partial charge on any atom is -0.508 e. The van der Waals surface area contributed by atoms with Gasteiger partial charge in [-0.25, -0.2) is 8.42 Å². The van der Waals surface area contributed by atoms with E-state index < -0.39 is 10.0 Å². The van der Waals surface area contributed by atoms with E-state index in [0.29, 0.717) is 5.56 Å². The molecule has 0 unspecified atom stereocenters. The maximum absolute atomic E-state index is 11.0. The van der Waals surface area contributed by atoms with Crippen molar-refractivity contribution in [2.24, 2.45) is 4.40 Å². The third-order valence-electron chi connectivity index (χ3n) is 1.62. The second kappa shape index (κ2) is 4.23. The molecule has 0 saturated carbocycles. The summed E-state index contributed by atoms with van der Waals surface area (Å²) in [5.41, 5.74) is 0.639. The first kappa shape index (κ1) is 10.7. The fourth-order valence-corrected chi connectivity index (χ4v) is 1.21. The fourth-order valence-electron chi connectivity index (χ4n) is 0.776. The molecule has 0 saturated heterocycles. The zero-order valence-corrected chi connectivity index (χ0v) is 8.53. The number of nitrogens with zero attached hydrogens (tertiary/aromatic N) is 1. The zero-order chi connectivity index (χ0) is 10.6. The molecule has 0 aliphatic heterocycles. The van der Waals surface area contributed by atoms with E-state index >= 15 is 0 Å². The van der Waals surface area contributed by atoms with Crippen molar-refractivity contribution < 1.29 is 13.5 Å². The van der Waals surface area contributed by atoms with E-state index in [1.807, 2.05) is 0 Å². The molecular weight excluding hydrogens is 202 g/mol. The van der Waals surface area contributed by atoms with Crippen LogP contribution in [0.2, 0.25) is 0 Å². The Kier molecular flexibility index (Phi) is 3.24. The lowest BCUT2D eigenvalue weighted by Gasteiger charge is -1.94. The molecule has 0 atom stereocenters. The maximum atomic E-state index is 11.0. The SMILES string of the molecule is CCS(=O)(=O)/N=C/c1ccc(O)cc1. The van der Waals surface area contributed by atoms with Gasteiger partial charge >= 0.3 is 0 Å². The number of rotatable bonds is 3. The minimum atomic E-state index is -3.32. The number of sulfonamides is 1. The normalized spacial score (nSPS) is 12.1. The summed E-state index contributed by atoms with van der Waals surface area (Å²) < 4.78 is 25.4. The van der Waals surface area contributed by atoms with Crippen molar-refractivity contribution in [3.63, 3.8) is 0 Å². The zero-order valence-electron chi connectivity index (χ0n) is 7.71. The molecule has 0 radical (unpaired) electrons. The molecule has 0 aliphatic rings. The average molecular weight is 213 g/mol. The van der Waals surface area contributed by atoms with Crippen LogP contribution in [0.4, 0.5) is 0 Å². The van der Waals surface area contributed by atoms with Crippen LogP contribution in [0.3, 0.4) is 0 Å². The summed E-state index contributed by atoms with van der Waals surface area (Å²) in [4.78, 5) is 0. The minimum absolute atomic E-state index is 0.0123. The fraction of sp³-hybridized carbons (Fsp3) is 0.222. The summed E-state index contributed by atoms with van der Waals surface area (Å²) in [6, 6.07) is 6.12. The third-order valence-corrected chi connectivity index (χ3v) is 2.78. The molecular formula is C9H11NO3S. The van der Waals surface area contributed by atoms with Gasteiger partial charge in [0.1, 0.15) is 5.75 Å². The molecule has 4 nitrogen and oxygen atoms in total. The highest BCUT2D eigenvalue weighted by Crippen LogP contribution is 2.08. The second-order valence-electron chi connectivity index (χ2n) is 2.70. The highest BCUT2D eigenvalue weighted by molar-refractivity contribution is 7.90.